The fraction of sp³-hybridized carbons (Fsp3) is 0.290. The first-order valence-electron chi connectivity index (χ1n) is 13.0. The summed E-state index contributed by atoms with van der Waals surface area (Å²) in [6, 6.07) is 14.4. The standard InChI is InChI=1S/C31H24N2O4S/c34-28-22-11-2-1-6-20(22)15-30(28)27(19-9-3-10-21(14-19)33(36)37)25-16-38-17-32(25)31(30)24-13-5-8-18-7-4-12-23(26(18)24)29(31)35/h1-14,23,25-27H,15-17H2. The first-order valence-corrected chi connectivity index (χ1v) is 14.2. The predicted octanol–water partition coefficient (Wildman–Crippen LogP) is 5.04. The topological polar surface area (TPSA) is 80.5 Å². The highest BCUT2D eigenvalue weighted by molar-refractivity contribution is 7.99. The van der Waals surface area contributed by atoms with E-state index in [4.69, 9.17) is 0 Å². The average Bonchev–Trinajstić information content (AvgIpc) is 3.64. The maximum atomic E-state index is 15.0. The van der Waals surface area contributed by atoms with Crippen LogP contribution in [-0.4, -0.2) is 44.6 Å². The van der Waals surface area contributed by atoms with Crippen molar-refractivity contribution in [1.29, 1.82) is 0 Å². The minimum absolute atomic E-state index is 0.000894. The normalized spacial score (nSPS) is 36.0. The van der Waals surface area contributed by atoms with Gasteiger partial charge < -0.3 is 0 Å². The lowest BCUT2D eigenvalue weighted by molar-refractivity contribution is -0.384. The third kappa shape index (κ3) is 2.41. The van der Waals surface area contributed by atoms with Crippen LogP contribution in [0.2, 0.25) is 0 Å². The van der Waals surface area contributed by atoms with Gasteiger partial charge in [-0.3, -0.25) is 24.6 Å². The Morgan fingerprint density at radius 1 is 1.05 bits per heavy atom. The Balaban J connectivity index is 1.46. The van der Waals surface area contributed by atoms with Crippen LogP contribution in [0.4, 0.5) is 5.69 Å². The monoisotopic (exact) mass is 520 g/mol. The van der Waals surface area contributed by atoms with Crippen LogP contribution in [0, 0.1) is 27.4 Å². The number of nitro benzene ring substituents is 1. The predicted molar refractivity (Wildman–Crippen MR) is 145 cm³/mol. The molecular formula is C31H24N2O4S. The first kappa shape index (κ1) is 22.4. The summed E-state index contributed by atoms with van der Waals surface area (Å²) < 4.78 is 0. The number of fused-ring (bicyclic) bond motifs is 5. The summed E-state index contributed by atoms with van der Waals surface area (Å²) in [7, 11) is 0. The molecule has 6 nitrogen and oxygen atoms in total. The molecule has 2 aromatic rings. The second kappa shape index (κ2) is 7.52. The minimum atomic E-state index is -1.11. The number of carbonyl (C=O) groups excluding carboxylic acids is 2. The van der Waals surface area contributed by atoms with E-state index in [1.165, 1.54) is 6.07 Å². The summed E-state index contributed by atoms with van der Waals surface area (Å²) in [5.41, 5.74) is 2.36. The highest BCUT2D eigenvalue weighted by atomic mass is 32.2. The van der Waals surface area contributed by atoms with E-state index in [9.17, 15) is 14.9 Å². The molecule has 0 aromatic heterocycles. The van der Waals surface area contributed by atoms with Gasteiger partial charge in [-0.15, -0.1) is 11.8 Å². The van der Waals surface area contributed by atoms with E-state index >= 15 is 4.79 Å². The van der Waals surface area contributed by atoms with Crippen molar-refractivity contribution >= 4 is 29.0 Å². The Kier molecular flexibility index (Phi) is 4.44. The zero-order valence-corrected chi connectivity index (χ0v) is 21.3. The average molecular weight is 521 g/mol. The van der Waals surface area contributed by atoms with Gasteiger partial charge in [-0.05, 0) is 28.7 Å². The van der Waals surface area contributed by atoms with Gasteiger partial charge >= 0.3 is 0 Å². The molecule has 188 valence electrons. The zero-order valence-electron chi connectivity index (χ0n) is 20.4. The van der Waals surface area contributed by atoms with Crippen LogP contribution in [0.15, 0.2) is 96.1 Å². The maximum absolute atomic E-state index is 15.0. The second-order valence-corrected chi connectivity index (χ2v) is 12.1. The summed E-state index contributed by atoms with van der Waals surface area (Å²) in [6.07, 6.45) is 12.7. The van der Waals surface area contributed by atoms with Crippen molar-refractivity contribution in [2.75, 3.05) is 11.6 Å². The summed E-state index contributed by atoms with van der Waals surface area (Å²) in [6.45, 7) is 0. The van der Waals surface area contributed by atoms with Gasteiger partial charge in [0.25, 0.3) is 5.69 Å². The lowest BCUT2D eigenvalue weighted by atomic mass is 9.57. The summed E-state index contributed by atoms with van der Waals surface area (Å²) in [5, 5.41) is 11.8. The van der Waals surface area contributed by atoms with E-state index in [1.54, 1.807) is 23.9 Å². The van der Waals surface area contributed by atoms with Gasteiger partial charge in [0.05, 0.1) is 10.3 Å². The molecule has 0 N–H and O–H groups in total. The molecule has 6 unspecified atom stereocenters. The molecule has 3 fully saturated rings. The molecule has 0 bridgehead atoms. The Morgan fingerprint density at radius 3 is 2.76 bits per heavy atom. The van der Waals surface area contributed by atoms with Crippen LogP contribution >= 0.6 is 11.8 Å². The van der Waals surface area contributed by atoms with Gasteiger partial charge in [-0.1, -0.05) is 72.9 Å². The third-order valence-corrected chi connectivity index (χ3v) is 10.8. The van der Waals surface area contributed by atoms with Crippen molar-refractivity contribution in [2.24, 2.45) is 17.3 Å². The molecule has 2 heterocycles. The van der Waals surface area contributed by atoms with E-state index in [-0.39, 0.29) is 46.0 Å². The highest BCUT2D eigenvalue weighted by Crippen LogP contribution is 2.71. The Morgan fingerprint density at radius 2 is 1.92 bits per heavy atom. The fourth-order valence-corrected chi connectivity index (χ4v) is 9.95. The quantitative estimate of drug-likeness (QED) is 0.408. The molecule has 7 heteroatoms. The molecule has 6 aliphatic rings. The number of benzene rings is 2. The van der Waals surface area contributed by atoms with E-state index in [0.29, 0.717) is 17.9 Å². The number of hydrogen-bond acceptors (Lipinski definition) is 6. The number of ketones is 2. The number of Topliss-reactive ketones (excluding diaryl/α,β-unsaturated/α-hetero) is 2. The molecule has 2 aliphatic heterocycles. The van der Waals surface area contributed by atoms with Gasteiger partial charge in [0.2, 0.25) is 0 Å². The molecule has 38 heavy (non-hydrogen) atoms. The van der Waals surface area contributed by atoms with E-state index in [0.717, 1.165) is 28.0 Å². The van der Waals surface area contributed by atoms with Gasteiger partial charge in [0, 0.05) is 53.1 Å². The smallest absolute Gasteiger partial charge is 0.269 e. The van der Waals surface area contributed by atoms with Gasteiger partial charge in [0.15, 0.2) is 11.6 Å². The number of hydrogen-bond donors (Lipinski definition) is 0. The van der Waals surface area contributed by atoms with E-state index < -0.39 is 11.0 Å². The van der Waals surface area contributed by atoms with Crippen molar-refractivity contribution < 1.29 is 14.5 Å². The maximum Gasteiger partial charge on any atom is 0.269 e. The molecular weight excluding hydrogens is 496 g/mol. The molecule has 1 saturated carbocycles. The molecule has 2 aromatic carbocycles. The first-order chi connectivity index (χ1) is 18.5. The fourth-order valence-electron chi connectivity index (χ4n) is 8.65. The summed E-state index contributed by atoms with van der Waals surface area (Å²) in [5.74, 6) is 0.753. The van der Waals surface area contributed by atoms with E-state index in [1.807, 2.05) is 48.6 Å². The molecule has 0 radical (unpaired) electrons. The largest absolute Gasteiger partial charge is 0.296 e. The molecule has 6 atom stereocenters. The van der Waals surface area contributed by atoms with Crippen LogP contribution in [0.5, 0.6) is 0 Å². The minimum Gasteiger partial charge on any atom is -0.296 e. The number of nitrogens with zero attached hydrogens (tertiary/aromatic N) is 2. The number of thioether (sulfide) groups is 1. The molecule has 0 amide bonds. The zero-order chi connectivity index (χ0) is 25.8. The highest BCUT2D eigenvalue weighted by Gasteiger charge is 2.80. The van der Waals surface area contributed by atoms with Crippen LogP contribution in [0.3, 0.4) is 0 Å². The van der Waals surface area contributed by atoms with Crippen molar-refractivity contribution in [3.63, 3.8) is 0 Å². The van der Waals surface area contributed by atoms with Crippen LogP contribution in [0.1, 0.15) is 27.4 Å². The lowest BCUT2D eigenvalue weighted by Crippen LogP contribution is -2.61. The van der Waals surface area contributed by atoms with Gasteiger partial charge in [0.1, 0.15) is 5.54 Å². The number of non-ortho nitro benzene ring substituents is 1. The Bertz CT molecular complexity index is 1600. The third-order valence-electron chi connectivity index (χ3n) is 9.79. The lowest BCUT2D eigenvalue weighted by Gasteiger charge is -2.46. The second-order valence-electron chi connectivity index (χ2n) is 11.1. The van der Waals surface area contributed by atoms with Gasteiger partial charge in [-0.2, -0.15) is 0 Å². The Labute approximate surface area is 223 Å². The van der Waals surface area contributed by atoms with Crippen molar-refractivity contribution in [3.05, 3.63) is 123 Å². The van der Waals surface area contributed by atoms with Crippen LogP contribution in [-0.2, 0) is 11.2 Å². The molecule has 8 rings (SSSR count). The van der Waals surface area contributed by atoms with Crippen LogP contribution in [0.25, 0.3) is 0 Å². The van der Waals surface area contributed by atoms with Crippen molar-refractivity contribution in [1.82, 2.24) is 4.90 Å². The number of allylic oxidation sites excluding steroid dienone is 7. The summed E-state index contributed by atoms with van der Waals surface area (Å²) in [4.78, 5) is 43.7. The van der Waals surface area contributed by atoms with Crippen LogP contribution < -0.4 is 0 Å². The molecule has 2 saturated heterocycles. The van der Waals surface area contributed by atoms with E-state index in [2.05, 4.69) is 23.1 Å². The number of nitro groups is 1. The Hall–Kier alpha value is -3.55. The molecule has 2 spiro atoms. The number of carbonyl (C=O) groups is 2. The SMILES string of the molecule is O=C1c2ccccc2CC12C(c1cccc([N+](=O)[O-])c1)C1CSCN1C21C(=O)C2C=CC=C3C=CC=C1C32. The molecule has 4 aliphatic carbocycles. The van der Waals surface area contributed by atoms with Crippen molar-refractivity contribution in [3.8, 4) is 0 Å². The van der Waals surface area contributed by atoms with Gasteiger partial charge in [-0.25, -0.2) is 0 Å². The number of rotatable bonds is 2. The van der Waals surface area contributed by atoms with Crippen molar-refractivity contribution in [2.45, 2.75) is 23.9 Å². The summed E-state index contributed by atoms with van der Waals surface area (Å²) >= 11 is 1.78.